The zero-order valence-electron chi connectivity index (χ0n) is 16.8. The van der Waals surface area contributed by atoms with Gasteiger partial charge in [-0.15, -0.1) is 0 Å². The van der Waals surface area contributed by atoms with E-state index in [1.807, 2.05) is 6.92 Å². The minimum Gasteiger partial charge on any atom is -0.505 e. The second kappa shape index (κ2) is 8.60. The third-order valence-electron chi connectivity index (χ3n) is 5.40. The molecule has 2 aromatic heterocycles. The van der Waals surface area contributed by atoms with Crippen LogP contribution in [0.1, 0.15) is 33.9 Å². The molecule has 1 unspecified atom stereocenters. The molecule has 4 aromatic rings. The Bertz CT molecular complexity index is 1310. The third kappa shape index (κ3) is 4.38. The van der Waals surface area contributed by atoms with E-state index in [1.165, 1.54) is 12.3 Å². The predicted molar refractivity (Wildman–Crippen MR) is 119 cm³/mol. The average molecular weight is 477 g/mol. The van der Waals surface area contributed by atoms with Crippen LogP contribution in [0.15, 0.2) is 60.9 Å². The van der Waals surface area contributed by atoms with E-state index in [-0.39, 0.29) is 22.8 Å². The van der Waals surface area contributed by atoms with Crippen molar-refractivity contribution in [1.29, 1.82) is 0 Å². The summed E-state index contributed by atoms with van der Waals surface area (Å²) < 4.78 is 40.4. The molecule has 0 bridgehead atoms. The monoisotopic (exact) mass is 476 g/mol. The number of nitrogens with zero attached hydrogens (tertiary/aromatic N) is 2. The fourth-order valence-electron chi connectivity index (χ4n) is 3.78. The van der Waals surface area contributed by atoms with Gasteiger partial charge in [0.1, 0.15) is 11.3 Å². The van der Waals surface area contributed by atoms with E-state index in [0.717, 1.165) is 17.7 Å². The molecular formula is C24H17Cl2F3N2O. The first-order valence-corrected chi connectivity index (χ1v) is 10.4. The van der Waals surface area contributed by atoms with E-state index in [9.17, 15) is 18.3 Å². The van der Waals surface area contributed by atoms with E-state index in [2.05, 4.69) is 9.97 Å². The number of halogens is 5. The topological polar surface area (TPSA) is 46.0 Å². The summed E-state index contributed by atoms with van der Waals surface area (Å²) in [5, 5.41) is 12.4. The Hall–Kier alpha value is -2.83. The van der Waals surface area contributed by atoms with E-state index in [0.29, 0.717) is 27.2 Å². The molecule has 0 aliphatic heterocycles. The Balaban J connectivity index is 1.93. The number of alkyl halides is 3. The summed E-state index contributed by atoms with van der Waals surface area (Å²) in [5.41, 5.74) is 1.61. The molecule has 0 saturated heterocycles. The second-order valence-corrected chi connectivity index (χ2v) is 8.33. The minimum atomic E-state index is -4.54. The van der Waals surface area contributed by atoms with Gasteiger partial charge < -0.3 is 5.11 Å². The smallest absolute Gasteiger partial charge is 0.416 e. The van der Waals surface area contributed by atoms with Crippen molar-refractivity contribution in [2.75, 3.05) is 0 Å². The number of aromatic hydroxyl groups is 1. The van der Waals surface area contributed by atoms with Crippen molar-refractivity contribution in [2.24, 2.45) is 0 Å². The summed E-state index contributed by atoms with van der Waals surface area (Å²) in [6, 6.07) is 11.9. The number of hydrogen-bond donors (Lipinski definition) is 1. The Labute approximate surface area is 192 Å². The van der Waals surface area contributed by atoms with Gasteiger partial charge in [-0.05, 0) is 48.4 Å². The number of hydrogen-bond acceptors (Lipinski definition) is 3. The van der Waals surface area contributed by atoms with Crippen LogP contribution in [-0.2, 0) is 12.6 Å². The number of fused-ring (bicyclic) bond motifs is 1. The van der Waals surface area contributed by atoms with Gasteiger partial charge in [0.15, 0.2) is 0 Å². The van der Waals surface area contributed by atoms with Crippen LogP contribution in [0.2, 0.25) is 10.0 Å². The largest absolute Gasteiger partial charge is 0.505 e. The number of benzene rings is 2. The molecule has 2 heterocycles. The van der Waals surface area contributed by atoms with Gasteiger partial charge in [-0.2, -0.15) is 13.2 Å². The number of aryl methyl sites for hydroxylation is 1. The predicted octanol–water partition coefficient (Wildman–Crippen LogP) is 7.34. The van der Waals surface area contributed by atoms with Crippen LogP contribution >= 0.6 is 23.2 Å². The van der Waals surface area contributed by atoms with Crippen LogP contribution in [0.3, 0.4) is 0 Å². The van der Waals surface area contributed by atoms with Gasteiger partial charge in [-0.1, -0.05) is 41.4 Å². The third-order valence-corrected chi connectivity index (χ3v) is 5.95. The number of rotatable bonds is 4. The Morgan fingerprint density at radius 3 is 2.50 bits per heavy atom. The first-order chi connectivity index (χ1) is 15.1. The van der Waals surface area contributed by atoms with Crippen molar-refractivity contribution >= 4 is 34.1 Å². The van der Waals surface area contributed by atoms with E-state index in [4.69, 9.17) is 23.2 Å². The van der Waals surface area contributed by atoms with Gasteiger partial charge in [0.25, 0.3) is 0 Å². The van der Waals surface area contributed by atoms with Crippen LogP contribution < -0.4 is 0 Å². The summed E-state index contributed by atoms with van der Waals surface area (Å²) in [4.78, 5) is 8.60. The first-order valence-electron chi connectivity index (χ1n) is 9.69. The molecule has 3 nitrogen and oxygen atoms in total. The molecule has 1 atom stereocenters. The molecule has 1 N–H and O–H groups in total. The van der Waals surface area contributed by atoms with Crippen LogP contribution in [0.5, 0.6) is 5.75 Å². The fourth-order valence-corrected chi connectivity index (χ4v) is 4.24. The molecule has 0 spiro atoms. The van der Waals surface area contributed by atoms with Crippen molar-refractivity contribution in [1.82, 2.24) is 9.97 Å². The number of pyridine rings is 2. The average Bonchev–Trinajstić information content (AvgIpc) is 2.74. The van der Waals surface area contributed by atoms with Crippen molar-refractivity contribution < 1.29 is 18.3 Å². The lowest BCUT2D eigenvalue weighted by Crippen LogP contribution is -2.12. The minimum absolute atomic E-state index is 0.104. The molecule has 32 heavy (non-hydrogen) atoms. The Kier molecular flexibility index (Phi) is 6.01. The van der Waals surface area contributed by atoms with Gasteiger partial charge in [0.2, 0.25) is 0 Å². The molecule has 0 radical (unpaired) electrons. The van der Waals surface area contributed by atoms with Crippen LogP contribution in [0.25, 0.3) is 10.9 Å². The molecule has 8 heteroatoms. The summed E-state index contributed by atoms with van der Waals surface area (Å²) in [5.74, 6) is -0.809. The summed E-state index contributed by atoms with van der Waals surface area (Å²) in [7, 11) is 0. The summed E-state index contributed by atoms with van der Waals surface area (Å²) in [6.45, 7) is 1.82. The number of phenolic OH excluding ortho intramolecular Hbond substituents is 1. The van der Waals surface area contributed by atoms with Crippen molar-refractivity contribution in [2.45, 2.75) is 25.4 Å². The molecule has 0 amide bonds. The first kappa shape index (κ1) is 22.4. The summed E-state index contributed by atoms with van der Waals surface area (Å²) in [6.07, 6.45) is -1.30. The van der Waals surface area contributed by atoms with Crippen molar-refractivity contribution in [3.8, 4) is 5.75 Å². The standard InChI is InChI=1S/C24H17Cl2F3N2O/c1-13-9-16(25)12-31-21(13)11-18(19-10-15(24(27,28)29)5-7-20(19)26)17-6-4-14-3-2-8-30-22(14)23(17)32/h2-10,12,18,32H,11H2,1H3. The molecule has 2 aromatic carbocycles. The molecule has 0 aliphatic rings. The van der Waals surface area contributed by atoms with Gasteiger partial charge in [-0.3, -0.25) is 9.97 Å². The highest BCUT2D eigenvalue weighted by Crippen LogP contribution is 2.42. The lowest BCUT2D eigenvalue weighted by molar-refractivity contribution is -0.137. The maximum absolute atomic E-state index is 13.5. The highest BCUT2D eigenvalue weighted by molar-refractivity contribution is 6.31. The Morgan fingerprint density at radius 1 is 1.00 bits per heavy atom. The van der Waals surface area contributed by atoms with Crippen LogP contribution in [0.4, 0.5) is 13.2 Å². The number of aromatic nitrogens is 2. The van der Waals surface area contributed by atoms with Gasteiger partial charge in [0.05, 0.1) is 10.6 Å². The number of phenols is 1. The van der Waals surface area contributed by atoms with Gasteiger partial charge >= 0.3 is 6.18 Å². The van der Waals surface area contributed by atoms with Crippen LogP contribution in [0, 0.1) is 6.92 Å². The maximum Gasteiger partial charge on any atom is 0.416 e. The summed E-state index contributed by atoms with van der Waals surface area (Å²) >= 11 is 12.4. The molecule has 0 aliphatic carbocycles. The maximum atomic E-state index is 13.5. The highest BCUT2D eigenvalue weighted by atomic mass is 35.5. The van der Waals surface area contributed by atoms with Gasteiger partial charge in [-0.25, -0.2) is 0 Å². The van der Waals surface area contributed by atoms with Gasteiger partial charge in [0, 0.05) is 46.4 Å². The van der Waals surface area contributed by atoms with E-state index >= 15 is 0 Å². The SMILES string of the molecule is Cc1cc(Cl)cnc1CC(c1cc(C(F)(F)F)ccc1Cl)c1ccc2cccnc2c1O. The molecule has 164 valence electrons. The lowest BCUT2D eigenvalue weighted by atomic mass is 9.84. The van der Waals surface area contributed by atoms with E-state index < -0.39 is 17.7 Å². The molecular weight excluding hydrogens is 460 g/mol. The highest BCUT2D eigenvalue weighted by Gasteiger charge is 2.33. The normalized spacial score (nSPS) is 12.8. The van der Waals surface area contributed by atoms with Crippen LogP contribution in [-0.4, -0.2) is 15.1 Å². The second-order valence-electron chi connectivity index (χ2n) is 7.49. The Morgan fingerprint density at radius 2 is 1.78 bits per heavy atom. The van der Waals surface area contributed by atoms with Crippen molar-refractivity contribution in [3.63, 3.8) is 0 Å². The van der Waals surface area contributed by atoms with E-state index in [1.54, 1.807) is 36.5 Å². The quantitative estimate of drug-likeness (QED) is 0.335. The zero-order valence-corrected chi connectivity index (χ0v) is 18.3. The molecule has 0 saturated carbocycles. The van der Waals surface area contributed by atoms with Crippen molar-refractivity contribution in [3.05, 3.63) is 98.9 Å². The molecule has 0 fully saturated rings. The molecule has 4 rings (SSSR count). The lowest BCUT2D eigenvalue weighted by Gasteiger charge is -2.23. The zero-order chi connectivity index (χ0) is 23.0. The fraction of sp³-hybridized carbons (Fsp3) is 0.167.